The molecule has 0 radical (unpaired) electrons. The summed E-state index contributed by atoms with van der Waals surface area (Å²) in [6, 6.07) is 0. The van der Waals surface area contributed by atoms with E-state index in [0.717, 1.165) is 6.42 Å². The first kappa shape index (κ1) is 16.2. The summed E-state index contributed by atoms with van der Waals surface area (Å²) in [7, 11) is 0. The molecule has 5 nitrogen and oxygen atoms in total. The van der Waals surface area contributed by atoms with Crippen LogP contribution in [0.2, 0.25) is 0 Å². The van der Waals surface area contributed by atoms with E-state index in [9.17, 15) is 4.79 Å². The van der Waals surface area contributed by atoms with Crippen LogP contribution in [0, 0.1) is 0 Å². The van der Waals surface area contributed by atoms with E-state index >= 15 is 0 Å². The first-order valence-corrected chi connectivity index (χ1v) is 6.04. The van der Waals surface area contributed by atoms with Crippen molar-refractivity contribution < 1.29 is 19.4 Å². The van der Waals surface area contributed by atoms with Crippen LogP contribution in [0.3, 0.4) is 0 Å². The number of hydrogen-bond acceptors (Lipinski definition) is 4. The molecule has 5 heteroatoms. The summed E-state index contributed by atoms with van der Waals surface area (Å²) in [5.74, 6) is 0. The lowest BCUT2D eigenvalue weighted by Crippen LogP contribution is -2.33. The molecule has 0 aromatic carbocycles. The number of amides is 1. The van der Waals surface area contributed by atoms with Gasteiger partial charge in [0.05, 0.1) is 6.10 Å². The van der Waals surface area contributed by atoms with Crippen LogP contribution in [0.5, 0.6) is 0 Å². The fourth-order valence-electron chi connectivity index (χ4n) is 1.03. The van der Waals surface area contributed by atoms with Crippen LogP contribution < -0.4 is 5.32 Å². The smallest absolute Gasteiger partial charge is 0.407 e. The first-order valence-electron chi connectivity index (χ1n) is 6.04. The minimum absolute atomic E-state index is 0.324. The second kappa shape index (κ2) is 8.31. The van der Waals surface area contributed by atoms with Crippen molar-refractivity contribution in [1.29, 1.82) is 0 Å². The van der Waals surface area contributed by atoms with Crippen molar-refractivity contribution >= 4 is 6.09 Å². The number of alkyl carbamates (subject to hydrolysis) is 1. The van der Waals surface area contributed by atoms with E-state index in [4.69, 9.17) is 14.6 Å². The zero-order chi connectivity index (χ0) is 13.3. The number of nitrogens with one attached hydrogen (secondary N) is 1. The summed E-state index contributed by atoms with van der Waals surface area (Å²) < 4.78 is 10.3. The maximum atomic E-state index is 11.2. The average Bonchev–Trinajstić information content (AvgIpc) is 2.12. The van der Waals surface area contributed by atoms with E-state index in [-0.39, 0.29) is 6.10 Å². The number of aliphatic hydroxyl groups excluding tert-OH is 1. The number of rotatable bonds is 7. The molecule has 0 aromatic rings. The van der Waals surface area contributed by atoms with Crippen molar-refractivity contribution in [3.05, 3.63) is 0 Å². The van der Waals surface area contributed by atoms with Crippen molar-refractivity contribution in [2.45, 2.75) is 52.2 Å². The van der Waals surface area contributed by atoms with Gasteiger partial charge >= 0.3 is 6.09 Å². The Morgan fingerprint density at radius 2 is 2.00 bits per heavy atom. The molecule has 0 spiro atoms. The normalized spacial score (nSPS) is 13.2. The standard InChI is InChI=1S/C12H25NO4/c1-10(14)6-9-16-8-5-7-13-11(15)17-12(2,3)4/h10,14H,5-9H2,1-4H3,(H,13,15). The summed E-state index contributed by atoms with van der Waals surface area (Å²) in [5, 5.41) is 11.6. The van der Waals surface area contributed by atoms with Crippen LogP contribution in [0.25, 0.3) is 0 Å². The summed E-state index contributed by atoms with van der Waals surface area (Å²) in [6.07, 6.45) is 0.648. The molecule has 0 aromatic heterocycles. The van der Waals surface area contributed by atoms with Crippen molar-refractivity contribution in [2.24, 2.45) is 0 Å². The van der Waals surface area contributed by atoms with E-state index < -0.39 is 11.7 Å². The van der Waals surface area contributed by atoms with Gasteiger partial charge in [-0.3, -0.25) is 0 Å². The van der Waals surface area contributed by atoms with Crippen LogP contribution in [0.15, 0.2) is 0 Å². The summed E-state index contributed by atoms with van der Waals surface area (Å²) >= 11 is 0. The van der Waals surface area contributed by atoms with Crippen molar-refractivity contribution in [1.82, 2.24) is 5.32 Å². The highest BCUT2D eigenvalue weighted by molar-refractivity contribution is 5.67. The number of carbonyl (C=O) groups excluding carboxylic acids is 1. The van der Waals surface area contributed by atoms with Gasteiger partial charge in [0.25, 0.3) is 0 Å². The van der Waals surface area contributed by atoms with Gasteiger partial charge in [-0.1, -0.05) is 0 Å². The van der Waals surface area contributed by atoms with Gasteiger partial charge in [0.15, 0.2) is 0 Å². The van der Waals surface area contributed by atoms with Gasteiger partial charge in [-0.2, -0.15) is 0 Å². The monoisotopic (exact) mass is 247 g/mol. The maximum Gasteiger partial charge on any atom is 0.407 e. The lowest BCUT2D eigenvalue weighted by Gasteiger charge is -2.19. The minimum Gasteiger partial charge on any atom is -0.444 e. The molecule has 0 rings (SSSR count). The van der Waals surface area contributed by atoms with Gasteiger partial charge in [0.2, 0.25) is 0 Å². The Balaban J connectivity index is 3.31. The van der Waals surface area contributed by atoms with Crippen molar-refractivity contribution in [3.8, 4) is 0 Å². The third-order valence-electron chi connectivity index (χ3n) is 1.81. The third kappa shape index (κ3) is 13.1. The zero-order valence-corrected chi connectivity index (χ0v) is 11.3. The molecule has 1 amide bonds. The average molecular weight is 247 g/mol. The summed E-state index contributed by atoms with van der Waals surface area (Å²) in [6.45, 7) is 8.85. The highest BCUT2D eigenvalue weighted by Gasteiger charge is 2.15. The molecule has 0 aliphatic carbocycles. The maximum absolute atomic E-state index is 11.2. The minimum atomic E-state index is -0.460. The molecule has 0 saturated heterocycles. The second-order valence-corrected chi connectivity index (χ2v) is 5.03. The largest absolute Gasteiger partial charge is 0.444 e. The Bertz CT molecular complexity index is 211. The fraction of sp³-hybridized carbons (Fsp3) is 0.917. The van der Waals surface area contributed by atoms with Crippen LogP contribution in [0.4, 0.5) is 4.79 Å². The van der Waals surface area contributed by atoms with E-state index in [1.54, 1.807) is 6.92 Å². The molecule has 0 aliphatic rings. The molecule has 1 unspecified atom stereocenters. The Kier molecular flexibility index (Phi) is 7.91. The van der Waals surface area contributed by atoms with E-state index in [1.165, 1.54) is 0 Å². The van der Waals surface area contributed by atoms with E-state index in [1.807, 2.05) is 20.8 Å². The molecular weight excluding hydrogens is 222 g/mol. The molecule has 1 atom stereocenters. The Hall–Kier alpha value is -0.810. The topological polar surface area (TPSA) is 67.8 Å². The molecule has 2 N–H and O–H groups in total. The lowest BCUT2D eigenvalue weighted by molar-refractivity contribution is 0.0516. The number of hydrogen-bond donors (Lipinski definition) is 2. The van der Waals surface area contributed by atoms with Crippen LogP contribution in [0.1, 0.15) is 40.5 Å². The first-order chi connectivity index (χ1) is 7.81. The Morgan fingerprint density at radius 1 is 1.35 bits per heavy atom. The Labute approximate surface area is 103 Å². The number of ether oxygens (including phenoxy) is 2. The van der Waals surface area contributed by atoms with Gasteiger partial charge in [-0.05, 0) is 40.5 Å². The number of carbonyl (C=O) groups is 1. The van der Waals surface area contributed by atoms with Gasteiger partial charge in [-0.15, -0.1) is 0 Å². The molecular formula is C12H25NO4. The molecule has 0 heterocycles. The van der Waals surface area contributed by atoms with Gasteiger partial charge in [-0.25, -0.2) is 4.79 Å². The molecule has 102 valence electrons. The molecule has 0 bridgehead atoms. The van der Waals surface area contributed by atoms with Crippen LogP contribution in [-0.2, 0) is 9.47 Å². The van der Waals surface area contributed by atoms with Crippen LogP contribution >= 0.6 is 0 Å². The summed E-state index contributed by atoms with van der Waals surface area (Å²) in [4.78, 5) is 11.2. The fourth-order valence-corrected chi connectivity index (χ4v) is 1.03. The quantitative estimate of drug-likeness (QED) is 0.672. The Morgan fingerprint density at radius 3 is 2.53 bits per heavy atom. The molecule has 0 saturated carbocycles. The molecule has 0 aliphatic heterocycles. The van der Waals surface area contributed by atoms with Gasteiger partial charge in [0, 0.05) is 19.8 Å². The predicted molar refractivity (Wildman–Crippen MR) is 66.0 cm³/mol. The number of aliphatic hydroxyl groups is 1. The molecule has 0 fully saturated rings. The van der Waals surface area contributed by atoms with E-state index in [0.29, 0.717) is 26.2 Å². The third-order valence-corrected chi connectivity index (χ3v) is 1.81. The second-order valence-electron chi connectivity index (χ2n) is 5.03. The highest BCUT2D eigenvalue weighted by atomic mass is 16.6. The van der Waals surface area contributed by atoms with E-state index in [2.05, 4.69) is 5.32 Å². The van der Waals surface area contributed by atoms with Gasteiger partial charge in [0.1, 0.15) is 5.60 Å². The lowest BCUT2D eigenvalue weighted by atomic mass is 10.2. The molecule has 17 heavy (non-hydrogen) atoms. The highest BCUT2D eigenvalue weighted by Crippen LogP contribution is 2.06. The van der Waals surface area contributed by atoms with Gasteiger partial charge < -0.3 is 19.9 Å². The zero-order valence-electron chi connectivity index (χ0n) is 11.3. The SMILES string of the molecule is CC(O)CCOCCCNC(=O)OC(C)(C)C. The predicted octanol–water partition coefficient (Wildman–Crippen LogP) is 1.69. The van der Waals surface area contributed by atoms with Crippen molar-refractivity contribution in [2.75, 3.05) is 19.8 Å². The van der Waals surface area contributed by atoms with Crippen LogP contribution in [-0.4, -0.2) is 42.7 Å². The summed E-state index contributed by atoms with van der Waals surface area (Å²) in [5.41, 5.74) is -0.460. The van der Waals surface area contributed by atoms with Crippen molar-refractivity contribution in [3.63, 3.8) is 0 Å².